The topological polar surface area (TPSA) is 105 Å². The molecule has 2 amide bonds. The SMILES string of the molecule is COC(=O)N(CC(=O)O)Cc1cc(OCC(NC(=O)c2ccc(Cl)cc2)=C(C)C)ccc1F. The summed E-state index contributed by atoms with van der Waals surface area (Å²) in [7, 11) is 1.10. The summed E-state index contributed by atoms with van der Waals surface area (Å²) in [5.74, 6) is -1.97. The van der Waals surface area contributed by atoms with E-state index in [-0.39, 0.29) is 30.4 Å². The lowest BCUT2D eigenvalue weighted by Gasteiger charge is -2.20. The number of rotatable bonds is 9. The molecule has 2 rings (SSSR count). The van der Waals surface area contributed by atoms with Crippen molar-refractivity contribution < 1.29 is 33.4 Å². The molecular weight excluding hydrogens is 455 g/mol. The molecule has 0 aliphatic rings. The van der Waals surface area contributed by atoms with Gasteiger partial charge in [0.2, 0.25) is 0 Å². The van der Waals surface area contributed by atoms with Gasteiger partial charge in [0.15, 0.2) is 0 Å². The molecule has 0 saturated heterocycles. The number of methoxy groups -OCH3 is 1. The van der Waals surface area contributed by atoms with Crippen molar-refractivity contribution in [1.29, 1.82) is 0 Å². The maximum absolute atomic E-state index is 14.3. The minimum Gasteiger partial charge on any atom is -0.487 e. The summed E-state index contributed by atoms with van der Waals surface area (Å²) >= 11 is 5.85. The number of carboxylic acid groups (broad SMARTS) is 1. The van der Waals surface area contributed by atoms with Crippen LogP contribution in [0.1, 0.15) is 29.8 Å². The van der Waals surface area contributed by atoms with Crippen molar-refractivity contribution in [1.82, 2.24) is 10.2 Å². The van der Waals surface area contributed by atoms with Crippen LogP contribution in [0.2, 0.25) is 5.02 Å². The maximum atomic E-state index is 14.3. The van der Waals surface area contributed by atoms with Crippen LogP contribution in [0.5, 0.6) is 5.75 Å². The number of carbonyl (C=O) groups is 3. The number of aliphatic carboxylic acids is 1. The molecule has 2 aromatic rings. The zero-order valence-corrected chi connectivity index (χ0v) is 19.1. The van der Waals surface area contributed by atoms with Crippen LogP contribution in [-0.4, -0.2) is 48.2 Å². The molecule has 10 heteroatoms. The van der Waals surface area contributed by atoms with E-state index in [1.165, 1.54) is 12.1 Å². The standard InChI is InChI=1S/C23H24ClFN2O6/c1-14(2)20(26-22(30)15-4-6-17(24)7-5-15)13-33-18-8-9-19(25)16(10-18)11-27(12-21(28)29)23(31)32-3/h4-10H,11-13H2,1-3H3,(H,26,30)(H,28,29). The molecule has 33 heavy (non-hydrogen) atoms. The highest BCUT2D eigenvalue weighted by Crippen LogP contribution is 2.20. The van der Waals surface area contributed by atoms with Gasteiger partial charge in [0, 0.05) is 16.1 Å². The van der Waals surface area contributed by atoms with Crippen LogP contribution in [0.4, 0.5) is 9.18 Å². The molecule has 2 aromatic carbocycles. The van der Waals surface area contributed by atoms with Crippen molar-refractivity contribution in [3.05, 3.63) is 75.7 Å². The summed E-state index contributed by atoms with van der Waals surface area (Å²) in [5, 5.41) is 12.3. The molecule has 176 valence electrons. The number of hydrogen-bond acceptors (Lipinski definition) is 5. The van der Waals surface area contributed by atoms with Crippen molar-refractivity contribution in [2.24, 2.45) is 0 Å². The normalized spacial score (nSPS) is 10.2. The molecule has 0 bridgehead atoms. The highest BCUT2D eigenvalue weighted by atomic mass is 35.5. The van der Waals surface area contributed by atoms with E-state index in [9.17, 15) is 18.8 Å². The van der Waals surface area contributed by atoms with Crippen LogP contribution in [0.3, 0.4) is 0 Å². The van der Waals surface area contributed by atoms with E-state index in [0.717, 1.165) is 23.6 Å². The number of benzene rings is 2. The number of allylic oxidation sites excluding steroid dienone is 1. The summed E-state index contributed by atoms with van der Waals surface area (Å²) in [6, 6.07) is 10.3. The lowest BCUT2D eigenvalue weighted by atomic mass is 10.2. The summed E-state index contributed by atoms with van der Waals surface area (Å²) in [4.78, 5) is 36.2. The fourth-order valence-electron chi connectivity index (χ4n) is 2.72. The van der Waals surface area contributed by atoms with Gasteiger partial charge in [-0.1, -0.05) is 17.2 Å². The van der Waals surface area contributed by atoms with Gasteiger partial charge in [0.25, 0.3) is 5.91 Å². The van der Waals surface area contributed by atoms with Crippen molar-refractivity contribution >= 4 is 29.6 Å². The van der Waals surface area contributed by atoms with Gasteiger partial charge in [-0.3, -0.25) is 14.5 Å². The molecule has 0 aliphatic carbocycles. The molecule has 0 saturated carbocycles. The van der Waals surface area contributed by atoms with E-state index < -0.39 is 24.4 Å². The predicted octanol–water partition coefficient (Wildman–Crippen LogP) is 4.23. The second-order valence-electron chi connectivity index (χ2n) is 7.20. The van der Waals surface area contributed by atoms with Gasteiger partial charge in [-0.05, 0) is 56.3 Å². The van der Waals surface area contributed by atoms with Crippen LogP contribution in [-0.2, 0) is 16.1 Å². The fraction of sp³-hybridized carbons (Fsp3) is 0.261. The van der Waals surface area contributed by atoms with Crippen LogP contribution in [0.25, 0.3) is 0 Å². The Morgan fingerprint density at radius 3 is 2.36 bits per heavy atom. The number of carbonyl (C=O) groups excluding carboxylic acids is 2. The first-order chi connectivity index (χ1) is 15.6. The number of carboxylic acids is 1. The van der Waals surface area contributed by atoms with Gasteiger partial charge >= 0.3 is 12.1 Å². The van der Waals surface area contributed by atoms with E-state index in [1.54, 1.807) is 38.1 Å². The predicted molar refractivity (Wildman–Crippen MR) is 120 cm³/mol. The third-order valence-electron chi connectivity index (χ3n) is 4.49. The minimum atomic E-state index is -1.27. The zero-order valence-electron chi connectivity index (χ0n) is 18.4. The Hall–Kier alpha value is -3.59. The third kappa shape index (κ3) is 7.80. The first kappa shape index (κ1) is 25.7. The van der Waals surface area contributed by atoms with Crippen molar-refractivity contribution in [2.45, 2.75) is 20.4 Å². The maximum Gasteiger partial charge on any atom is 0.410 e. The first-order valence-corrected chi connectivity index (χ1v) is 10.2. The quantitative estimate of drug-likeness (QED) is 0.558. The van der Waals surface area contributed by atoms with Gasteiger partial charge in [-0.2, -0.15) is 0 Å². The smallest absolute Gasteiger partial charge is 0.410 e. The molecule has 0 aliphatic heterocycles. The fourth-order valence-corrected chi connectivity index (χ4v) is 2.84. The average molecular weight is 479 g/mol. The van der Waals surface area contributed by atoms with Crippen LogP contribution < -0.4 is 10.1 Å². The highest BCUT2D eigenvalue weighted by Gasteiger charge is 2.20. The molecule has 2 N–H and O–H groups in total. The second kappa shape index (κ2) is 11.9. The lowest BCUT2D eigenvalue weighted by Crippen LogP contribution is -2.35. The Labute approximate surface area is 195 Å². The molecule has 0 aromatic heterocycles. The second-order valence-corrected chi connectivity index (χ2v) is 7.64. The molecule has 0 heterocycles. The molecule has 0 radical (unpaired) electrons. The van der Waals surface area contributed by atoms with Gasteiger partial charge in [0.05, 0.1) is 19.4 Å². The molecule has 0 spiro atoms. The lowest BCUT2D eigenvalue weighted by molar-refractivity contribution is -0.138. The summed E-state index contributed by atoms with van der Waals surface area (Å²) in [5.41, 5.74) is 1.78. The molecule has 0 atom stereocenters. The Morgan fingerprint density at radius 1 is 1.12 bits per heavy atom. The highest BCUT2D eigenvalue weighted by molar-refractivity contribution is 6.30. The Bertz CT molecular complexity index is 1050. The van der Waals surface area contributed by atoms with Crippen molar-refractivity contribution in [3.63, 3.8) is 0 Å². The largest absolute Gasteiger partial charge is 0.487 e. The third-order valence-corrected chi connectivity index (χ3v) is 4.75. The molecule has 0 unspecified atom stereocenters. The summed E-state index contributed by atoms with van der Waals surface area (Å²) < 4.78 is 24.6. The van der Waals surface area contributed by atoms with E-state index in [1.807, 2.05) is 0 Å². The molecule has 0 fully saturated rings. The Balaban J connectivity index is 2.12. The van der Waals surface area contributed by atoms with Crippen molar-refractivity contribution in [2.75, 3.05) is 20.3 Å². The van der Waals surface area contributed by atoms with E-state index >= 15 is 0 Å². The number of ether oxygens (including phenoxy) is 2. The number of nitrogens with zero attached hydrogens (tertiary/aromatic N) is 1. The monoisotopic (exact) mass is 478 g/mol. The van der Waals surface area contributed by atoms with Crippen LogP contribution >= 0.6 is 11.6 Å². The number of hydrogen-bond donors (Lipinski definition) is 2. The number of halogens is 2. The minimum absolute atomic E-state index is 0.0113. The summed E-state index contributed by atoms with van der Waals surface area (Å²) in [6.45, 7) is 2.61. The average Bonchev–Trinajstić information content (AvgIpc) is 2.77. The first-order valence-electron chi connectivity index (χ1n) is 9.80. The van der Waals surface area contributed by atoms with Gasteiger partial charge in [0.1, 0.15) is 24.7 Å². The van der Waals surface area contributed by atoms with Gasteiger partial charge in [-0.25, -0.2) is 9.18 Å². The van der Waals surface area contributed by atoms with Gasteiger partial charge in [-0.15, -0.1) is 0 Å². The van der Waals surface area contributed by atoms with Crippen LogP contribution in [0.15, 0.2) is 53.7 Å². The zero-order chi connectivity index (χ0) is 24.5. The van der Waals surface area contributed by atoms with Crippen molar-refractivity contribution in [3.8, 4) is 5.75 Å². The number of amides is 2. The number of nitrogens with one attached hydrogen (secondary N) is 1. The Morgan fingerprint density at radius 2 is 1.79 bits per heavy atom. The molecular formula is C23H24ClFN2O6. The summed E-state index contributed by atoms with van der Waals surface area (Å²) in [6.07, 6.45) is -0.903. The molecule has 8 nitrogen and oxygen atoms in total. The van der Waals surface area contributed by atoms with E-state index in [4.69, 9.17) is 21.4 Å². The van der Waals surface area contributed by atoms with Gasteiger partial charge < -0.3 is 19.9 Å². The van der Waals surface area contributed by atoms with E-state index in [2.05, 4.69) is 10.1 Å². The van der Waals surface area contributed by atoms with Crippen LogP contribution in [0, 0.1) is 5.82 Å². The van der Waals surface area contributed by atoms with E-state index in [0.29, 0.717) is 16.3 Å². The Kier molecular flexibility index (Phi) is 9.23.